The number of carbonyl (C=O) groups excluding carboxylic acids is 2. The number of amides is 2. The molecule has 4 nitrogen and oxygen atoms in total. The van der Waals surface area contributed by atoms with Crippen molar-refractivity contribution in [2.75, 3.05) is 13.1 Å². The van der Waals surface area contributed by atoms with E-state index in [1.165, 1.54) is 4.90 Å². The lowest BCUT2D eigenvalue weighted by molar-refractivity contribution is -0.134. The van der Waals surface area contributed by atoms with E-state index in [1.807, 2.05) is 6.92 Å². The van der Waals surface area contributed by atoms with E-state index in [9.17, 15) is 9.59 Å². The van der Waals surface area contributed by atoms with Gasteiger partial charge < -0.3 is 10.6 Å². The monoisotopic (exact) mass is 156 g/mol. The van der Waals surface area contributed by atoms with E-state index in [0.29, 0.717) is 6.54 Å². The van der Waals surface area contributed by atoms with Crippen LogP contribution >= 0.6 is 0 Å². The van der Waals surface area contributed by atoms with Crippen molar-refractivity contribution in [2.24, 2.45) is 11.7 Å². The molecule has 0 unspecified atom stereocenters. The summed E-state index contributed by atoms with van der Waals surface area (Å²) in [4.78, 5) is 23.1. The normalized spacial score (nSPS) is 24.3. The van der Waals surface area contributed by atoms with Crippen LogP contribution in [0.4, 0.5) is 0 Å². The van der Waals surface area contributed by atoms with E-state index in [1.54, 1.807) is 0 Å². The highest BCUT2D eigenvalue weighted by molar-refractivity contribution is 5.86. The summed E-state index contributed by atoms with van der Waals surface area (Å²) in [5.41, 5.74) is 4.95. The summed E-state index contributed by atoms with van der Waals surface area (Å²) in [5, 5.41) is 0. The summed E-state index contributed by atoms with van der Waals surface area (Å²) in [5.74, 6) is -0.328. The lowest BCUT2D eigenvalue weighted by Crippen LogP contribution is -2.35. The highest BCUT2D eigenvalue weighted by Gasteiger charge is 2.28. The number of hydrogen-bond donors (Lipinski definition) is 1. The number of carbonyl (C=O) groups is 2. The fourth-order valence-corrected chi connectivity index (χ4v) is 1.24. The summed E-state index contributed by atoms with van der Waals surface area (Å²) in [6.07, 6.45) is 0.839. The maximum Gasteiger partial charge on any atom is 0.237 e. The second-order valence-corrected chi connectivity index (χ2v) is 2.92. The summed E-state index contributed by atoms with van der Waals surface area (Å²) in [6.45, 7) is 2.61. The second-order valence-electron chi connectivity index (χ2n) is 2.92. The highest BCUT2D eigenvalue weighted by Crippen LogP contribution is 2.15. The first-order valence-electron chi connectivity index (χ1n) is 3.68. The van der Waals surface area contributed by atoms with Crippen molar-refractivity contribution in [1.82, 2.24) is 4.90 Å². The molecule has 2 amide bonds. The van der Waals surface area contributed by atoms with E-state index < -0.39 is 5.91 Å². The molecule has 1 saturated heterocycles. The van der Waals surface area contributed by atoms with Gasteiger partial charge in [0.2, 0.25) is 11.8 Å². The van der Waals surface area contributed by atoms with Gasteiger partial charge in [-0.05, 0) is 6.42 Å². The molecule has 0 aromatic rings. The fourth-order valence-electron chi connectivity index (χ4n) is 1.24. The molecule has 4 heteroatoms. The van der Waals surface area contributed by atoms with Gasteiger partial charge in [0, 0.05) is 12.5 Å². The zero-order valence-electron chi connectivity index (χ0n) is 6.54. The van der Waals surface area contributed by atoms with Gasteiger partial charge in [-0.25, -0.2) is 0 Å². The maximum atomic E-state index is 11.2. The predicted octanol–water partition coefficient (Wildman–Crippen LogP) is -0.660. The van der Waals surface area contributed by atoms with Gasteiger partial charge in [0.05, 0.1) is 6.54 Å². The van der Waals surface area contributed by atoms with Crippen molar-refractivity contribution in [3.05, 3.63) is 0 Å². The highest BCUT2D eigenvalue weighted by atomic mass is 16.2. The molecule has 2 N–H and O–H groups in total. The predicted molar refractivity (Wildman–Crippen MR) is 39.6 cm³/mol. The number of hydrogen-bond acceptors (Lipinski definition) is 2. The molecule has 0 aliphatic carbocycles. The minimum Gasteiger partial charge on any atom is -0.368 e. The largest absolute Gasteiger partial charge is 0.368 e. The Labute approximate surface area is 65.3 Å². The average Bonchev–Trinajstić information content (AvgIpc) is 2.18. The molecule has 1 aliphatic heterocycles. The summed E-state index contributed by atoms with van der Waals surface area (Å²) < 4.78 is 0. The minimum atomic E-state index is -0.438. The van der Waals surface area contributed by atoms with Crippen molar-refractivity contribution in [1.29, 1.82) is 0 Å². The maximum absolute atomic E-state index is 11.2. The van der Waals surface area contributed by atoms with Gasteiger partial charge in [-0.1, -0.05) is 6.92 Å². The number of nitrogens with two attached hydrogens (primary N) is 1. The first-order valence-corrected chi connectivity index (χ1v) is 3.68. The van der Waals surface area contributed by atoms with Gasteiger partial charge in [-0.15, -0.1) is 0 Å². The Kier molecular flexibility index (Phi) is 2.12. The number of likely N-dealkylation sites (tertiary alicyclic amines) is 1. The molecule has 1 heterocycles. The third-order valence-corrected chi connectivity index (χ3v) is 1.91. The van der Waals surface area contributed by atoms with Crippen LogP contribution < -0.4 is 5.73 Å². The Morgan fingerprint density at radius 1 is 1.82 bits per heavy atom. The van der Waals surface area contributed by atoms with E-state index in [4.69, 9.17) is 5.73 Å². The Morgan fingerprint density at radius 3 is 2.82 bits per heavy atom. The molecule has 1 fully saturated rings. The number of rotatable bonds is 2. The van der Waals surface area contributed by atoms with Crippen molar-refractivity contribution >= 4 is 11.8 Å². The zero-order chi connectivity index (χ0) is 8.43. The Hall–Kier alpha value is -1.06. The van der Waals surface area contributed by atoms with E-state index >= 15 is 0 Å². The van der Waals surface area contributed by atoms with Crippen molar-refractivity contribution in [2.45, 2.75) is 13.3 Å². The Bertz CT molecular complexity index is 191. The topological polar surface area (TPSA) is 63.4 Å². The SMILES string of the molecule is C[C@H]1CCN(CC(N)=O)C1=O. The van der Waals surface area contributed by atoms with Crippen LogP contribution in [0.1, 0.15) is 13.3 Å². The lowest BCUT2D eigenvalue weighted by atomic mass is 10.1. The third kappa shape index (κ3) is 1.69. The van der Waals surface area contributed by atoms with Crippen LogP contribution in [0.15, 0.2) is 0 Å². The molecular formula is C7H12N2O2. The van der Waals surface area contributed by atoms with Gasteiger partial charge >= 0.3 is 0 Å². The number of nitrogens with zero attached hydrogens (tertiary/aromatic N) is 1. The quantitative estimate of drug-likeness (QED) is 0.577. The Morgan fingerprint density at radius 2 is 2.45 bits per heavy atom. The number of primary amides is 1. The van der Waals surface area contributed by atoms with Crippen LogP contribution in [-0.2, 0) is 9.59 Å². The fraction of sp³-hybridized carbons (Fsp3) is 0.714. The van der Waals surface area contributed by atoms with Crippen molar-refractivity contribution < 1.29 is 9.59 Å². The summed E-state index contributed by atoms with van der Waals surface area (Å²) >= 11 is 0. The molecule has 0 bridgehead atoms. The molecule has 0 saturated carbocycles. The second kappa shape index (κ2) is 2.90. The first kappa shape index (κ1) is 8.04. The van der Waals surface area contributed by atoms with Crippen LogP contribution in [0.5, 0.6) is 0 Å². The van der Waals surface area contributed by atoms with E-state index in [0.717, 1.165) is 6.42 Å². The van der Waals surface area contributed by atoms with Crippen LogP contribution in [0.2, 0.25) is 0 Å². The van der Waals surface area contributed by atoms with Gasteiger partial charge in [0.15, 0.2) is 0 Å². The standard InChI is InChI=1S/C7H12N2O2/c1-5-2-3-9(7(5)11)4-6(8)10/h5H,2-4H2,1H3,(H2,8,10)/t5-/m0/s1. The minimum absolute atomic E-state index is 0.0452. The molecular weight excluding hydrogens is 144 g/mol. The molecule has 0 radical (unpaired) electrons. The molecule has 0 aromatic carbocycles. The molecule has 1 atom stereocenters. The molecule has 1 rings (SSSR count). The molecule has 1 aliphatic rings. The molecule has 0 spiro atoms. The summed E-state index contributed by atoms with van der Waals surface area (Å²) in [7, 11) is 0. The van der Waals surface area contributed by atoms with Gasteiger partial charge in [-0.2, -0.15) is 0 Å². The lowest BCUT2D eigenvalue weighted by Gasteiger charge is -2.12. The van der Waals surface area contributed by atoms with Gasteiger partial charge in [0.25, 0.3) is 0 Å². The molecule has 62 valence electrons. The van der Waals surface area contributed by atoms with Crippen molar-refractivity contribution in [3.63, 3.8) is 0 Å². The van der Waals surface area contributed by atoms with E-state index in [-0.39, 0.29) is 18.4 Å². The van der Waals surface area contributed by atoms with Crippen LogP contribution in [0.25, 0.3) is 0 Å². The molecule has 0 aromatic heterocycles. The summed E-state index contributed by atoms with van der Waals surface area (Å²) in [6, 6.07) is 0. The zero-order valence-corrected chi connectivity index (χ0v) is 6.54. The Balaban J connectivity index is 2.49. The smallest absolute Gasteiger partial charge is 0.237 e. The van der Waals surface area contributed by atoms with Gasteiger partial charge in [-0.3, -0.25) is 9.59 Å². The average molecular weight is 156 g/mol. The van der Waals surface area contributed by atoms with Crippen LogP contribution in [-0.4, -0.2) is 29.8 Å². The van der Waals surface area contributed by atoms with E-state index in [2.05, 4.69) is 0 Å². The van der Waals surface area contributed by atoms with Crippen LogP contribution in [0.3, 0.4) is 0 Å². The first-order chi connectivity index (χ1) is 5.11. The molecule has 11 heavy (non-hydrogen) atoms. The van der Waals surface area contributed by atoms with Gasteiger partial charge in [0.1, 0.15) is 0 Å². The third-order valence-electron chi connectivity index (χ3n) is 1.91. The van der Waals surface area contributed by atoms with Crippen LogP contribution in [0, 0.1) is 5.92 Å². The van der Waals surface area contributed by atoms with Crippen molar-refractivity contribution in [3.8, 4) is 0 Å².